The first-order valence-corrected chi connectivity index (χ1v) is 6.50. The number of nitrogens with two attached hydrogens (primary N) is 1. The third kappa shape index (κ3) is 3.22. The smallest absolute Gasteiger partial charge is 0.274 e. The second kappa shape index (κ2) is 6.24. The fourth-order valence-electron chi connectivity index (χ4n) is 2.31. The van der Waals surface area contributed by atoms with Crippen molar-refractivity contribution in [1.29, 1.82) is 0 Å². The molecule has 1 aromatic heterocycles. The molecule has 0 bridgehead atoms. The minimum atomic E-state index is -0.303. The molecule has 2 N–H and O–H groups in total. The molecule has 112 valence electrons. The molecule has 0 spiro atoms. The minimum absolute atomic E-state index is 0. The van der Waals surface area contributed by atoms with Crippen LogP contribution in [-0.4, -0.2) is 39.7 Å². The summed E-state index contributed by atoms with van der Waals surface area (Å²) in [5.74, 6) is -0.415. The van der Waals surface area contributed by atoms with E-state index in [0.717, 1.165) is 6.42 Å². The zero-order chi connectivity index (χ0) is 14.1. The lowest BCUT2D eigenvalue weighted by Gasteiger charge is -2.13. The summed E-state index contributed by atoms with van der Waals surface area (Å²) in [6, 6.07) is 7.66. The van der Waals surface area contributed by atoms with Gasteiger partial charge in [-0.05, 0) is 36.8 Å². The van der Waals surface area contributed by atoms with Crippen molar-refractivity contribution in [3.05, 3.63) is 48.0 Å². The van der Waals surface area contributed by atoms with Crippen molar-refractivity contribution >= 4 is 18.3 Å². The van der Waals surface area contributed by atoms with Crippen LogP contribution >= 0.6 is 12.4 Å². The Labute approximate surface area is 127 Å². The van der Waals surface area contributed by atoms with Crippen molar-refractivity contribution in [1.82, 2.24) is 14.7 Å². The van der Waals surface area contributed by atoms with Gasteiger partial charge in [0, 0.05) is 25.3 Å². The Morgan fingerprint density at radius 3 is 2.62 bits per heavy atom. The first-order valence-electron chi connectivity index (χ1n) is 6.50. The van der Waals surface area contributed by atoms with Gasteiger partial charge >= 0.3 is 0 Å². The molecule has 1 aliphatic rings. The normalized spacial score (nSPS) is 17.6. The lowest BCUT2D eigenvalue weighted by atomic mass is 10.3. The molecule has 5 nitrogen and oxygen atoms in total. The molecule has 2 aromatic rings. The number of amides is 1. The maximum Gasteiger partial charge on any atom is 0.274 e. The van der Waals surface area contributed by atoms with Crippen LogP contribution in [0.2, 0.25) is 0 Å². The molecular formula is C14H16ClFN4O. The van der Waals surface area contributed by atoms with Crippen LogP contribution in [0.25, 0.3) is 5.69 Å². The van der Waals surface area contributed by atoms with Gasteiger partial charge in [-0.1, -0.05) is 0 Å². The lowest BCUT2D eigenvalue weighted by Crippen LogP contribution is -2.32. The van der Waals surface area contributed by atoms with E-state index in [2.05, 4.69) is 5.10 Å². The van der Waals surface area contributed by atoms with E-state index in [-0.39, 0.29) is 30.2 Å². The number of carbonyl (C=O) groups is 1. The molecule has 0 aliphatic carbocycles. The molecule has 0 radical (unpaired) electrons. The molecule has 0 unspecified atom stereocenters. The van der Waals surface area contributed by atoms with Crippen molar-refractivity contribution in [2.24, 2.45) is 5.73 Å². The van der Waals surface area contributed by atoms with E-state index in [1.54, 1.807) is 34.0 Å². The number of rotatable bonds is 2. The van der Waals surface area contributed by atoms with E-state index >= 15 is 0 Å². The molecule has 1 aliphatic heterocycles. The van der Waals surface area contributed by atoms with Gasteiger partial charge in [-0.2, -0.15) is 5.10 Å². The predicted octanol–water partition coefficient (Wildman–Crippen LogP) is 1.61. The van der Waals surface area contributed by atoms with E-state index in [1.165, 1.54) is 12.1 Å². The van der Waals surface area contributed by atoms with Gasteiger partial charge in [0.1, 0.15) is 5.82 Å². The van der Waals surface area contributed by atoms with E-state index in [9.17, 15) is 9.18 Å². The Kier molecular flexibility index (Phi) is 4.59. The molecule has 1 saturated heterocycles. The standard InChI is InChI=1S/C14H15FN4O.ClH/c15-10-1-3-12(4-2-10)19-8-6-13(17-19)14(20)18-7-5-11(16)9-18;/h1-4,6,8,11H,5,7,9,16H2;1H/t11-;/m1./s1. The highest BCUT2D eigenvalue weighted by Crippen LogP contribution is 2.13. The van der Waals surface area contributed by atoms with Crippen LogP contribution in [0, 0.1) is 5.82 Å². The third-order valence-electron chi connectivity index (χ3n) is 3.41. The number of aromatic nitrogens is 2. The monoisotopic (exact) mass is 310 g/mol. The lowest BCUT2D eigenvalue weighted by molar-refractivity contribution is 0.0784. The van der Waals surface area contributed by atoms with E-state index in [1.807, 2.05) is 0 Å². The highest BCUT2D eigenvalue weighted by Gasteiger charge is 2.25. The number of benzene rings is 1. The molecule has 1 atom stereocenters. The maximum absolute atomic E-state index is 12.9. The Morgan fingerprint density at radius 2 is 2.00 bits per heavy atom. The average molecular weight is 311 g/mol. The highest BCUT2D eigenvalue weighted by atomic mass is 35.5. The summed E-state index contributed by atoms with van der Waals surface area (Å²) in [6.45, 7) is 1.24. The number of halogens is 2. The molecule has 21 heavy (non-hydrogen) atoms. The fourth-order valence-corrected chi connectivity index (χ4v) is 2.31. The fraction of sp³-hybridized carbons (Fsp3) is 0.286. The van der Waals surface area contributed by atoms with Crippen LogP contribution in [-0.2, 0) is 0 Å². The van der Waals surface area contributed by atoms with Gasteiger partial charge in [-0.25, -0.2) is 9.07 Å². The highest BCUT2D eigenvalue weighted by molar-refractivity contribution is 5.92. The van der Waals surface area contributed by atoms with Crippen molar-refractivity contribution in [3.8, 4) is 5.69 Å². The summed E-state index contributed by atoms with van der Waals surface area (Å²) >= 11 is 0. The Bertz CT molecular complexity index is 628. The third-order valence-corrected chi connectivity index (χ3v) is 3.41. The zero-order valence-electron chi connectivity index (χ0n) is 11.3. The number of nitrogens with zero attached hydrogens (tertiary/aromatic N) is 3. The van der Waals surface area contributed by atoms with Crippen LogP contribution in [0.15, 0.2) is 36.5 Å². The summed E-state index contributed by atoms with van der Waals surface area (Å²) in [5.41, 5.74) is 6.89. The van der Waals surface area contributed by atoms with Crippen molar-refractivity contribution in [2.75, 3.05) is 13.1 Å². The van der Waals surface area contributed by atoms with Gasteiger partial charge in [0.05, 0.1) is 5.69 Å². The molecular weight excluding hydrogens is 295 g/mol. The van der Waals surface area contributed by atoms with E-state index < -0.39 is 0 Å². The van der Waals surface area contributed by atoms with Crippen molar-refractivity contribution in [2.45, 2.75) is 12.5 Å². The van der Waals surface area contributed by atoms with Crippen LogP contribution in [0.1, 0.15) is 16.9 Å². The maximum atomic E-state index is 12.9. The number of likely N-dealkylation sites (tertiary alicyclic amines) is 1. The number of hydrogen-bond acceptors (Lipinski definition) is 3. The zero-order valence-corrected chi connectivity index (χ0v) is 12.1. The molecule has 0 saturated carbocycles. The van der Waals surface area contributed by atoms with Gasteiger partial charge in [0.2, 0.25) is 0 Å². The minimum Gasteiger partial charge on any atom is -0.336 e. The molecule has 7 heteroatoms. The molecule has 2 heterocycles. The second-order valence-corrected chi connectivity index (χ2v) is 4.92. The predicted molar refractivity (Wildman–Crippen MR) is 79.3 cm³/mol. The SMILES string of the molecule is Cl.N[C@@H]1CCN(C(=O)c2ccn(-c3ccc(F)cc3)n2)C1. The number of carbonyl (C=O) groups excluding carboxylic acids is 1. The molecule has 1 aromatic carbocycles. The van der Waals surface area contributed by atoms with Gasteiger partial charge in [0.25, 0.3) is 5.91 Å². The second-order valence-electron chi connectivity index (χ2n) is 4.92. The summed E-state index contributed by atoms with van der Waals surface area (Å²) < 4.78 is 14.4. The van der Waals surface area contributed by atoms with Crippen LogP contribution in [0.5, 0.6) is 0 Å². The first kappa shape index (κ1) is 15.5. The van der Waals surface area contributed by atoms with Gasteiger partial charge < -0.3 is 10.6 Å². The molecule has 3 rings (SSSR count). The van der Waals surface area contributed by atoms with E-state index in [0.29, 0.717) is 24.5 Å². The summed E-state index contributed by atoms with van der Waals surface area (Å²) in [5, 5.41) is 4.24. The Morgan fingerprint density at radius 1 is 1.29 bits per heavy atom. The Hall–Kier alpha value is -1.92. The van der Waals surface area contributed by atoms with Crippen molar-refractivity contribution < 1.29 is 9.18 Å². The largest absolute Gasteiger partial charge is 0.336 e. The Balaban J connectivity index is 0.00000161. The quantitative estimate of drug-likeness (QED) is 0.916. The van der Waals surface area contributed by atoms with Crippen LogP contribution in [0.3, 0.4) is 0 Å². The molecule has 1 amide bonds. The topological polar surface area (TPSA) is 64.2 Å². The number of hydrogen-bond donors (Lipinski definition) is 1. The van der Waals surface area contributed by atoms with E-state index in [4.69, 9.17) is 5.73 Å². The summed E-state index contributed by atoms with van der Waals surface area (Å²) in [4.78, 5) is 13.9. The average Bonchev–Trinajstić information content (AvgIpc) is 3.08. The summed E-state index contributed by atoms with van der Waals surface area (Å²) in [7, 11) is 0. The van der Waals surface area contributed by atoms with Crippen LogP contribution < -0.4 is 5.73 Å². The molecule has 1 fully saturated rings. The summed E-state index contributed by atoms with van der Waals surface area (Å²) in [6.07, 6.45) is 2.51. The first-order chi connectivity index (χ1) is 9.63. The van der Waals surface area contributed by atoms with Crippen LogP contribution in [0.4, 0.5) is 4.39 Å². The van der Waals surface area contributed by atoms with Gasteiger partial charge in [-0.15, -0.1) is 12.4 Å². The van der Waals surface area contributed by atoms with Gasteiger partial charge in [0.15, 0.2) is 5.69 Å². The van der Waals surface area contributed by atoms with Gasteiger partial charge in [-0.3, -0.25) is 4.79 Å². The van der Waals surface area contributed by atoms with Crippen molar-refractivity contribution in [3.63, 3.8) is 0 Å².